The molecule has 214 valence electrons. The molecule has 0 spiro atoms. The number of carboxylic acids is 2. The van der Waals surface area contributed by atoms with Crippen LogP contribution in [0.5, 0.6) is 11.5 Å². The first-order valence-electron chi connectivity index (χ1n) is 12.2. The van der Waals surface area contributed by atoms with Crippen molar-refractivity contribution >= 4 is 45.2 Å². The minimum atomic E-state index is -4.27. The molecule has 0 atom stereocenters. The van der Waals surface area contributed by atoms with E-state index in [0.29, 0.717) is 11.5 Å². The zero-order valence-electron chi connectivity index (χ0n) is 22.3. The molecule has 0 fully saturated rings. The summed E-state index contributed by atoms with van der Waals surface area (Å²) in [5, 5.41) is 21.0. The zero-order chi connectivity index (χ0) is 30.0. The monoisotopic (exact) mass is 596 g/mol. The third kappa shape index (κ3) is 8.88. The van der Waals surface area contributed by atoms with Crippen LogP contribution in [0.2, 0.25) is 0 Å². The molecule has 9 nitrogen and oxygen atoms in total. The SMILES string of the molecule is C[P+](c1ccccc1)(c1ccc(OCC(=O)O)cc1)c1ccc(OCC(=O)O)cc1.Cc1ccc(S(=O)(=O)[O-])cc1. The van der Waals surface area contributed by atoms with Crippen molar-refractivity contribution in [3.05, 3.63) is 109 Å². The molecule has 0 heterocycles. The van der Waals surface area contributed by atoms with E-state index in [2.05, 4.69) is 18.8 Å². The molecule has 0 bridgehead atoms. The van der Waals surface area contributed by atoms with Crippen LogP contribution in [-0.2, 0) is 19.7 Å². The summed E-state index contributed by atoms with van der Waals surface area (Å²) in [6.07, 6.45) is 0. The second-order valence-corrected chi connectivity index (χ2v) is 13.9. The van der Waals surface area contributed by atoms with Gasteiger partial charge in [-0.1, -0.05) is 35.9 Å². The highest BCUT2D eigenvalue weighted by atomic mass is 32.2. The number of hydrogen-bond donors (Lipinski definition) is 2. The Morgan fingerprint density at radius 2 is 1.07 bits per heavy atom. The third-order valence-electron chi connectivity index (χ3n) is 6.01. The summed E-state index contributed by atoms with van der Waals surface area (Å²) in [5.41, 5.74) is 0.928. The fourth-order valence-corrected chi connectivity index (χ4v) is 7.47. The maximum Gasteiger partial charge on any atom is 0.341 e. The highest BCUT2D eigenvalue weighted by Crippen LogP contribution is 2.51. The molecule has 0 aliphatic rings. The summed E-state index contributed by atoms with van der Waals surface area (Å²) in [7, 11) is -6.26. The van der Waals surface area contributed by atoms with Crippen LogP contribution in [0.15, 0.2) is 108 Å². The van der Waals surface area contributed by atoms with E-state index in [1.807, 2.05) is 49.4 Å². The molecular weight excluding hydrogens is 567 g/mol. The molecule has 0 amide bonds. The van der Waals surface area contributed by atoms with Gasteiger partial charge >= 0.3 is 11.9 Å². The van der Waals surface area contributed by atoms with E-state index < -0.39 is 29.3 Å². The van der Waals surface area contributed by atoms with Crippen molar-refractivity contribution in [2.75, 3.05) is 19.9 Å². The van der Waals surface area contributed by atoms with Crippen LogP contribution in [0.3, 0.4) is 0 Å². The minimum Gasteiger partial charge on any atom is -0.744 e. The largest absolute Gasteiger partial charge is 0.744 e. The van der Waals surface area contributed by atoms with Gasteiger partial charge in [-0.3, -0.25) is 0 Å². The second kappa shape index (κ2) is 13.9. The summed E-state index contributed by atoms with van der Waals surface area (Å²) in [6.45, 7) is 3.26. The maximum absolute atomic E-state index is 10.7. The zero-order valence-corrected chi connectivity index (χ0v) is 24.0. The van der Waals surface area contributed by atoms with Gasteiger partial charge in [-0.15, -0.1) is 0 Å². The molecule has 0 aliphatic heterocycles. The van der Waals surface area contributed by atoms with Crippen molar-refractivity contribution < 1.29 is 42.2 Å². The second-order valence-electron chi connectivity index (χ2n) is 8.96. The minimum absolute atomic E-state index is 0.178. The molecule has 0 saturated heterocycles. The van der Waals surface area contributed by atoms with Crippen molar-refractivity contribution in [1.82, 2.24) is 0 Å². The molecule has 0 unspecified atom stereocenters. The van der Waals surface area contributed by atoms with Crippen LogP contribution < -0.4 is 25.4 Å². The van der Waals surface area contributed by atoms with Crippen molar-refractivity contribution in [3.63, 3.8) is 0 Å². The fraction of sp³-hybridized carbons (Fsp3) is 0.133. The fourth-order valence-electron chi connectivity index (χ4n) is 3.85. The molecule has 2 N–H and O–H groups in total. The number of carboxylic acid groups (broad SMARTS) is 2. The van der Waals surface area contributed by atoms with Gasteiger partial charge in [0.15, 0.2) is 13.2 Å². The molecule has 11 heteroatoms. The van der Waals surface area contributed by atoms with E-state index in [1.54, 1.807) is 36.4 Å². The van der Waals surface area contributed by atoms with E-state index in [-0.39, 0.29) is 18.1 Å². The van der Waals surface area contributed by atoms with Crippen LogP contribution in [0.25, 0.3) is 0 Å². The van der Waals surface area contributed by atoms with Gasteiger partial charge in [0, 0.05) is 0 Å². The molecule has 4 rings (SSSR count). The standard InChI is InChI=1S/C23H21O6P.C7H8O3S/c1-30(19-5-3-2-4-6-19,20-11-7-17(8-12-20)28-15-22(24)25)21-13-9-18(10-14-21)29-16-23(26)27;1-6-2-4-7(5-3-6)11(8,9)10/h2-14H,15-16H2,1H3,(H-,24,25,26,27);2-5H,1H3,(H,8,9,10). The maximum atomic E-state index is 10.7. The molecule has 0 saturated carbocycles. The number of carbonyl (C=O) groups is 2. The molecule has 0 radical (unpaired) electrons. The highest BCUT2D eigenvalue weighted by Gasteiger charge is 2.40. The molecular formula is C30H29O9PS. The Balaban J connectivity index is 0.000000352. The summed E-state index contributed by atoms with van der Waals surface area (Å²) in [6, 6.07) is 30.9. The summed E-state index contributed by atoms with van der Waals surface area (Å²) in [5.74, 6) is -1.05. The molecule has 41 heavy (non-hydrogen) atoms. The first-order chi connectivity index (χ1) is 19.4. The Kier molecular flexibility index (Phi) is 10.6. The van der Waals surface area contributed by atoms with E-state index in [0.717, 1.165) is 16.2 Å². The molecule has 0 aliphatic carbocycles. The lowest BCUT2D eigenvalue weighted by molar-refractivity contribution is -0.140. The topological polar surface area (TPSA) is 150 Å². The molecule has 0 aromatic heterocycles. The van der Waals surface area contributed by atoms with Gasteiger partial charge in [-0.25, -0.2) is 18.0 Å². The Morgan fingerprint density at radius 1 is 0.683 bits per heavy atom. The van der Waals surface area contributed by atoms with Crippen LogP contribution >= 0.6 is 7.26 Å². The summed E-state index contributed by atoms with van der Waals surface area (Å²) < 4.78 is 41.7. The van der Waals surface area contributed by atoms with Gasteiger partial charge < -0.3 is 24.2 Å². The van der Waals surface area contributed by atoms with E-state index in [1.165, 1.54) is 17.4 Å². The van der Waals surface area contributed by atoms with Gasteiger partial charge in [0.2, 0.25) is 0 Å². The lowest BCUT2D eigenvalue weighted by Crippen LogP contribution is -2.30. The number of ether oxygens (including phenoxy) is 2. The van der Waals surface area contributed by atoms with Gasteiger partial charge in [0.05, 0.1) is 11.6 Å². The lowest BCUT2D eigenvalue weighted by Gasteiger charge is -2.23. The quantitative estimate of drug-likeness (QED) is 0.207. The molecule has 4 aromatic rings. The third-order valence-corrected chi connectivity index (χ3v) is 10.9. The normalized spacial score (nSPS) is 11.1. The Hall–Kier alpha value is -4.24. The number of rotatable bonds is 10. The Labute approximate surface area is 239 Å². The average Bonchev–Trinajstić information content (AvgIpc) is 2.95. The first-order valence-corrected chi connectivity index (χ1v) is 15.9. The summed E-state index contributed by atoms with van der Waals surface area (Å²) in [4.78, 5) is 21.3. The first kappa shape index (κ1) is 31.3. The highest BCUT2D eigenvalue weighted by molar-refractivity contribution is 7.95. The van der Waals surface area contributed by atoms with Gasteiger partial charge in [-0.2, -0.15) is 0 Å². The number of hydrogen-bond acceptors (Lipinski definition) is 7. The van der Waals surface area contributed by atoms with E-state index >= 15 is 0 Å². The number of benzene rings is 4. The van der Waals surface area contributed by atoms with Gasteiger partial charge in [0.1, 0.15) is 44.8 Å². The lowest BCUT2D eigenvalue weighted by atomic mass is 10.2. The summed E-state index contributed by atoms with van der Waals surface area (Å²) >= 11 is 0. The van der Waals surface area contributed by atoms with Gasteiger partial charge in [-0.05, 0) is 79.7 Å². The van der Waals surface area contributed by atoms with Crippen molar-refractivity contribution in [2.24, 2.45) is 0 Å². The van der Waals surface area contributed by atoms with Crippen LogP contribution in [0.4, 0.5) is 0 Å². The molecule has 4 aromatic carbocycles. The number of aryl methyl sites for hydroxylation is 1. The Morgan fingerprint density at radius 3 is 1.44 bits per heavy atom. The van der Waals surface area contributed by atoms with Crippen molar-refractivity contribution in [2.45, 2.75) is 11.8 Å². The Bertz CT molecular complexity index is 1490. The van der Waals surface area contributed by atoms with Crippen LogP contribution in [0.1, 0.15) is 5.56 Å². The predicted molar refractivity (Wildman–Crippen MR) is 156 cm³/mol. The van der Waals surface area contributed by atoms with Crippen molar-refractivity contribution in [3.8, 4) is 11.5 Å². The van der Waals surface area contributed by atoms with Gasteiger partial charge in [0.25, 0.3) is 0 Å². The number of aliphatic carboxylic acids is 2. The van der Waals surface area contributed by atoms with Crippen LogP contribution in [0, 0.1) is 6.92 Å². The van der Waals surface area contributed by atoms with E-state index in [4.69, 9.17) is 19.7 Å². The smallest absolute Gasteiger partial charge is 0.341 e. The van der Waals surface area contributed by atoms with E-state index in [9.17, 15) is 22.6 Å². The van der Waals surface area contributed by atoms with Crippen LogP contribution in [-0.4, -0.2) is 55.0 Å². The van der Waals surface area contributed by atoms with Crippen molar-refractivity contribution in [1.29, 1.82) is 0 Å². The average molecular weight is 597 g/mol. The predicted octanol–water partition coefficient (Wildman–Crippen LogP) is 3.44.